The smallest absolute Gasteiger partial charge is 0.237 e. The molecular weight excluding hydrogens is 166 g/mol. The van der Waals surface area contributed by atoms with Gasteiger partial charge in [0.15, 0.2) is 0 Å². The topological polar surface area (TPSA) is 35.6 Å². The number of amides is 1. The molecule has 0 spiro atoms. The van der Waals surface area contributed by atoms with Crippen LogP contribution in [0.25, 0.3) is 0 Å². The van der Waals surface area contributed by atoms with Gasteiger partial charge in [-0.3, -0.25) is 10.2 Å². The van der Waals surface area contributed by atoms with Gasteiger partial charge in [0, 0.05) is 27.2 Å². The molecule has 1 fully saturated rings. The number of hydrogen-bond donors (Lipinski definition) is 1. The zero-order chi connectivity index (χ0) is 9.68. The first-order valence-corrected chi connectivity index (χ1v) is 4.89. The molecule has 0 aromatic carbocycles. The van der Waals surface area contributed by atoms with Crippen LogP contribution in [0.2, 0.25) is 0 Å². The number of hydrazine groups is 1. The Bertz CT molecular complexity index is 162. The molecule has 0 aromatic heterocycles. The standard InChI is InChI=1S/C9H19N3O/c1-11(2)9(13)8-12-7-5-3-4-6-10-12/h10H,3-8H2,1-2H3. The van der Waals surface area contributed by atoms with Gasteiger partial charge in [0.05, 0.1) is 6.54 Å². The van der Waals surface area contributed by atoms with E-state index in [1.807, 2.05) is 5.01 Å². The maximum absolute atomic E-state index is 11.4. The summed E-state index contributed by atoms with van der Waals surface area (Å²) in [4.78, 5) is 13.0. The van der Waals surface area contributed by atoms with Crippen molar-refractivity contribution in [3.05, 3.63) is 0 Å². The van der Waals surface area contributed by atoms with Gasteiger partial charge in [-0.1, -0.05) is 6.42 Å². The van der Waals surface area contributed by atoms with Crippen molar-refractivity contribution in [3.8, 4) is 0 Å². The Hall–Kier alpha value is -0.610. The number of rotatable bonds is 2. The number of carbonyl (C=O) groups is 1. The summed E-state index contributed by atoms with van der Waals surface area (Å²) in [5, 5.41) is 2.02. The van der Waals surface area contributed by atoms with Gasteiger partial charge in [-0.2, -0.15) is 0 Å². The Morgan fingerprint density at radius 2 is 2.15 bits per heavy atom. The molecule has 4 heteroatoms. The van der Waals surface area contributed by atoms with E-state index in [0.717, 1.165) is 13.1 Å². The summed E-state index contributed by atoms with van der Waals surface area (Å²) in [6.45, 7) is 2.48. The summed E-state index contributed by atoms with van der Waals surface area (Å²) in [7, 11) is 3.58. The average molecular weight is 185 g/mol. The molecular formula is C9H19N3O. The highest BCUT2D eigenvalue weighted by molar-refractivity contribution is 5.77. The van der Waals surface area contributed by atoms with Gasteiger partial charge in [0.2, 0.25) is 5.91 Å². The number of nitrogens with one attached hydrogen (secondary N) is 1. The van der Waals surface area contributed by atoms with Crippen molar-refractivity contribution in [3.63, 3.8) is 0 Å². The molecule has 76 valence electrons. The Morgan fingerprint density at radius 1 is 1.38 bits per heavy atom. The Balaban J connectivity index is 2.29. The van der Waals surface area contributed by atoms with Gasteiger partial charge in [0.25, 0.3) is 0 Å². The highest BCUT2D eigenvalue weighted by atomic mass is 16.2. The SMILES string of the molecule is CN(C)C(=O)CN1CCCCCN1. The van der Waals surface area contributed by atoms with E-state index in [4.69, 9.17) is 0 Å². The maximum Gasteiger partial charge on any atom is 0.237 e. The largest absolute Gasteiger partial charge is 0.348 e. The van der Waals surface area contributed by atoms with Crippen LogP contribution in [0.1, 0.15) is 19.3 Å². The van der Waals surface area contributed by atoms with Gasteiger partial charge in [-0.05, 0) is 12.8 Å². The number of likely N-dealkylation sites (N-methyl/N-ethyl adjacent to an activating group) is 1. The molecule has 0 aromatic rings. The molecule has 4 nitrogen and oxygen atoms in total. The van der Waals surface area contributed by atoms with Crippen LogP contribution in [-0.4, -0.2) is 49.5 Å². The number of nitrogens with zero attached hydrogens (tertiary/aromatic N) is 2. The Kier molecular flexibility index (Phi) is 4.18. The van der Waals surface area contributed by atoms with Crippen LogP contribution in [0.15, 0.2) is 0 Å². The minimum atomic E-state index is 0.161. The van der Waals surface area contributed by atoms with E-state index in [1.54, 1.807) is 19.0 Å². The fraction of sp³-hybridized carbons (Fsp3) is 0.889. The van der Waals surface area contributed by atoms with Crippen molar-refractivity contribution in [1.29, 1.82) is 0 Å². The molecule has 1 aliphatic rings. The lowest BCUT2D eigenvalue weighted by molar-refractivity contribution is -0.130. The van der Waals surface area contributed by atoms with Crippen LogP contribution < -0.4 is 5.43 Å². The van der Waals surface area contributed by atoms with E-state index in [-0.39, 0.29) is 5.91 Å². The predicted molar refractivity (Wildman–Crippen MR) is 52.1 cm³/mol. The van der Waals surface area contributed by atoms with Crippen LogP contribution in [0.5, 0.6) is 0 Å². The highest BCUT2D eigenvalue weighted by Crippen LogP contribution is 2.01. The molecule has 0 atom stereocenters. The third-order valence-electron chi connectivity index (χ3n) is 2.27. The lowest BCUT2D eigenvalue weighted by Gasteiger charge is -2.21. The first kappa shape index (κ1) is 10.5. The summed E-state index contributed by atoms with van der Waals surface area (Å²) in [5.41, 5.74) is 3.25. The zero-order valence-electron chi connectivity index (χ0n) is 8.55. The molecule has 1 saturated heterocycles. The molecule has 1 aliphatic heterocycles. The van der Waals surface area contributed by atoms with Crippen molar-refractivity contribution >= 4 is 5.91 Å². The van der Waals surface area contributed by atoms with E-state index in [2.05, 4.69) is 5.43 Å². The summed E-state index contributed by atoms with van der Waals surface area (Å²) in [5.74, 6) is 0.161. The molecule has 0 aliphatic carbocycles. The van der Waals surface area contributed by atoms with Crippen molar-refractivity contribution in [2.45, 2.75) is 19.3 Å². The number of carbonyl (C=O) groups excluding carboxylic acids is 1. The van der Waals surface area contributed by atoms with Crippen LogP contribution in [-0.2, 0) is 4.79 Å². The van der Waals surface area contributed by atoms with Crippen LogP contribution >= 0.6 is 0 Å². The van der Waals surface area contributed by atoms with Gasteiger partial charge in [-0.25, -0.2) is 5.01 Å². The third kappa shape index (κ3) is 3.74. The molecule has 0 radical (unpaired) electrons. The van der Waals surface area contributed by atoms with Crippen LogP contribution in [0, 0.1) is 0 Å². The van der Waals surface area contributed by atoms with Gasteiger partial charge in [-0.15, -0.1) is 0 Å². The maximum atomic E-state index is 11.4. The van der Waals surface area contributed by atoms with E-state index in [0.29, 0.717) is 6.54 Å². The molecule has 1 rings (SSSR count). The average Bonchev–Trinajstić information content (AvgIpc) is 2.32. The van der Waals surface area contributed by atoms with Crippen molar-refractivity contribution in [2.75, 3.05) is 33.7 Å². The summed E-state index contributed by atoms with van der Waals surface area (Å²) < 4.78 is 0. The van der Waals surface area contributed by atoms with E-state index >= 15 is 0 Å². The fourth-order valence-electron chi connectivity index (χ4n) is 1.36. The fourth-order valence-corrected chi connectivity index (χ4v) is 1.36. The molecule has 1 heterocycles. The van der Waals surface area contributed by atoms with E-state index in [9.17, 15) is 4.79 Å². The molecule has 0 bridgehead atoms. The van der Waals surface area contributed by atoms with Crippen molar-refractivity contribution in [2.24, 2.45) is 0 Å². The Labute approximate surface area is 79.9 Å². The third-order valence-corrected chi connectivity index (χ3v) is 2.27. The van der Waals surface area contributed by atoms with Gasteiger partial charge < -0.3 is 4.90 Å². The molecule has 0 unspecified atom stereocenters. The van der Waals surface area contributed by atoms with Gasteiger partial charge in [0.1, 0.15) is 0 Å². The quantitative estimate of drug-likeness (QED) is 0.661. The second-order valence-corrected chi connectivity index (χ2v) is 3.68. The summed E-state index contributed by atoms with van der Waals surface area (Å²) in [6, 6.07) is 0. The van der Waals surface area contributed by atoms with Gasteiger partial charge >= 0.3 is 0 Å². The van der Waals surface area contributed by atoms with Crippen molar-refractivity contribution < 1.29 is 4.79 Å². The summed E-state index contributed by atoms with van der Waals surface area (Å²) in [6.07, 6.45) is 3.67. The molecule has 13 heavy (non-hydrogen) atoms. The normalized spacial score (nSPS) is 19.5. The Morgan fingerprint density at radius 3 is 2.85 bits per heavy atom. The minimum Gasteiger partial charge on any atom is -0.348 e. The van der Waals surface area contributed by atoms with Crippen molar-refractivity contribution in [1.82, 2.24) is 15.3 Å². The first-order chi connectivity index (χ1) is 6.20. The molecule has 1 N–H and O–H groups in total. The van der Waals surface area contributed by atoms with Crippen LogP contribution in [0.3, 0.4) is 0 Å². The molecule has 0 saturated carbocycles. The minimum absolute atomic E-state index is 0.161. The van der Waals surface area contributed by atoms with E-state index < -0.39 is 0 Å². The molecule has 1 amide bonds. The monoisotopic (exact) mass is 185 g/mol. The van der Waals surface area contributed by atoms with E-state index in [1.165, 1.54) is 19.3 Å². The second kappa shape index (κ2) is 5.19. The van der Waals surface area contributed by atoms with Crippen LogP contribution in [0.4, 0.5) is 0 Å². The second-order valence-electron chi connectivity index (χ2n) is 3.68. The lowest BCUT2D eigenvalue weighted by Crippen LogP contribution is -2.44. The predicted octanol–water partition coefficient (Wildman–Crippen LogP) is 0.0651. The highest BCUT2D eigenvalue weighted by Gasteiger charge is 2.13. The lowest BCUT2D eigenvalue weighted by atomic mass is 10.2. The number of hydrogen-bond acceptors (Lipinski definition) is 3. The zero-order valence-corrected chi connectivity index (χ0v) is 8.55. The first-order valence-electron chi connectivity index (χ1n) is 4.89. The summed E-state index contributed by atoms with van der Waals surface area (Å²) >= 11 is 0.